The lowest BCUT2D eigenvalue weighted by Gasteiger charge is -2.19. The van der Waals surface area contributed by atoms with Crippen LogP contribution in [0.3, 0.4) is 0 Å². The molecule has 7 nitrogen and oxygen atoms in total. The average molecular weight is 370 g/mol. The zero-order chi connectivity index (χ0) is 17.3. The van der Waals surface area contributed by atoms with Gasteiger partial charge in [0.1, 0.15) is 22.1 Å². The molecule has 1 heterocycles. The number of benzene rings is 2. The van der Waals surface area contributed by atoms with Gasteiger partial charge >= 0.3 is 10.1 Å². The molecule has 0 atom stereocenters. The average Bonchev–Trinajstić information content (AvgIpc) is 2.54. The summed E-state index contributed by atoms with van der Waals surface area (Å²) in [5, 5.41) is 2.45. The van der Waals surface area contributed by atoms with E-state index in [2.05, 4.69) is 5.32 Å². The predicted molar refractivity (Wildman–Crippen MR) is 86.4 cm³/mol. The van der Waals surface area contributed by atoms with Crippen molar-refractivity contribution in [3.05, 3.63) is 41.4 Å². The Labute approximate surface area is 143 Å². The van der Waals surface area contributed by atoms with E-state index in [0.29, 0.717) is 11.4 Å². The third-order valence-electron chi connectivity index (χ3n) is 3.20. The molecule has 2 aromatic carbocycles. The zero-order valence-corrected chi connectivity index (χ0v) is 14.0. The molecule has 0 radical (unpaired) electrons. The van der Waals surface area contributed by atoms with Gasteiger partial charge in [0.2, 0.25) is 0 Å². The number of hydrogen-bond donors (Lipinski definition) is 1. The first kappa shape index (κ1) is 16.4. The first-order valence-electron chi connectivity index (χ1n) is 6.74. The van der Waals surface area contributed by atoms with Gasteiger partial charge in [0.05, 0.1) is 17.8 Å². The van der Waals surface area contributed by atoms with Crippen molar-refractivity contribution >= 4 is 33.3 Å². The molecule has 0 aliphatic carbocycles. The molecular formula is C15H12ClNO6S. The number of carbonyl (C=O) groups is 1. The van der Waals surface area contributed by atoms with Crippen LogP contribution < -0.4 is 19.0 Å². The maximum atomic E-state index is 12.4. The number of methoxy groups -OCH3 is 1. The van der Waals surface area contributed by atoms with E-state index in [1.165, 1.54) is 31.4 Å². The van der Waals surface area contributed by atoms with Crippen LogP contribution in [0.2, 0.25) is 5.02 Å². The summed E-state index contributed by atoms with van der Waals surface area (Å²) in [5.74, 6) is 0.536. The fourth-order valence-electron chi connectivity index (χ4n) is 2.08. The first-order chi connectivity index (χ1) is 11.4. The van der Waals surface area contributed by atoms with Crippen LogP contribution >= 0.6 is 11.6 Å². The number of amides is 1. The van der Waals surface area contributed by atoms with Crippen LogP contribution in [-0.2, 0) is 14.9 Å². The van der Waals surface area contributed by atoms with Crippen molar-refractivity contribution in [3.8, 4) is 17.2 Å². The molecule has 9 heteroatoms. The minimum atomic E-state index is -4.18. The van der Waals surface area contributed by atoms with Crippen molar-refractivity contribution in [2.75, 3.05) is 19.0 Å². The van der Waals surface area contributed by atoms with Crippen molar-refractivity contribution < 1.29 is 26.9 Å². The predicted octanol–water partition coefficient (Wildman–Crippen LogP) is 2.45. The van der Waals surface area contributed by atoms with Crippen LogP contribution in [0.5, 0.6) is 17.2 Å². The topological polar surface area (TPSA) is 90.9 Å². The van der Waals surface area contributed by atoms with Crippen molar-refractivity contribution in [2.24, 2.45) is 0 Å². The summed E-state index contributed by atoms with van der Waals surface area (Å²) in [6.45, 7) is -0.201. The van der Waals surface area contributed by atoms with Crippen molar-refractivity contribution in [1.82, 2.24) is 0 Å². The highest BCUT2D eigenvalue weighted by Gasteiger charge is 2.26. The molecule has 1 N–H and O–H groups in total. The summed E-state index contributed by atoms with van der Waals surface area (Å²) in [5.41, 5.74) is 0.305. The van der Waals surface area contributed by atoms with Gasteiger partial charge in [-0.3, -0.25) is 4.79 Å². The van der Waals surface area contributed by atoms with E-state index in [9.17, 15) is 13.2 Å². The number of rotatable bonds is 4. The van der Waals surface area contributed by atoms with E-state index in [0.717, 1.165) is 0 Å². The largest absolute Gasteiger partial charge is 0.497 e. The third-order valence-corrected chi connectivity index (χ3v) is 4.91. The van der Waals surface area contributed by atoms with E-state index in [4.69, 9.17) is 25.3 Å². The Bertz CT molecular complexity index is 895. The van der Waals surface area contributed by atoms with Gasteiger partial charge < -0.3 is 19.0 Å². The van der Waals surface area contributed by atoms with Crippen LogP contribution in [0.1, 0.15) is 0 Å². The summed E-state index contributed by atoms with van der Waals surface area (Å²) in [6.07, 6.45) is 0. The fraction of sp³-hybridized carbons (Fsp3) is 0.133. The van der Waals surface area contributed by atoms with E-state index in [1.54, 1.807) is 12.1 Å². The van der Waals surface area contributed by atoms with Crippen molar-refractivity contribution in [1.29, 1.82) is 0 Å². The Morgan fingerprint density at radius 1 is 1.17 bits per heavy atom. The number of hydrogen-bond acceptors (Lipinski definition) is 6. The van der Waals surface area contributed by atoms with Crippen LogP contribution in [0.4, 0.5) is 5.69 Å². The Hall–Kier alpha value is -2.45. The molecule has 1 aliphatic rings. The van der Waals surface area contributed by atoms with Crippen LogP contribution in [0.15, 0.2) is 41.3 Å². The number of nitrogens with one attached hydrogen (secondary N) is 1. The molecule has 1 amide bonds. The SMILES string of the molecule is COc1ccc(OS(=O)(=O)c2cc3c(cc2Cl)NC(=O)CO3)cc1. The van der Waals surface area contributed by atoms with Crippen molar-refractivity contribution in [3.63, 3.8) is 0 Å². The summed E-state index contributed by atoms with van der Waals surface area (Å²) in [4.78, 5) is 11.0. The van der Waals surface area contributed by atoms with E-state index < -0.39 is 10.1 Å². The molecule has 24 heavy (non-hydrogen) atoms. The lowest BCUT2D eigenvalue weighted by molar-refractivity contribution is -0.118. The fourth-order valence-corrected chi connectivity index (χ4v) is 3.53. The third kappa shape index (κ3) is 3.24. The lowest BCUT2D eigenvalue weighted by Crippen LogP contribution is -2.25. The minimum Gasteiger partial charge on any atom is -0.497 e. The van der Waals surface area contributed by atoms with Gasteiger partial charge in [0, 0.05) is 6.07 Å². The van der Waals surface area contributed by atoms with Gasteiger partial charge in [-0.25, -0.2) is 0 Å². The Morgan fingerprint density at radius 3 is 2.50 bits per heavy atom. The minimum absolute atomic E-state index is 0.0898. The smallest absolute Gasteiger partial charge is 0.340 e. The second-order valence-electron chi connectivity index (χ2n) is 4.83. The lowest BCUT2D eigenvalue weighted by atomic mass is 10.2. The maximum absolute atomic E-state index is 12.4. The van der Waals surface area contributed by atoms with Gasteiger partial charge in [-0.2, -0.15) is 8.42 Å². The van der Waals surface area contributed by atoms with Gasteiger partial charge in [-0.1, -0.05) is 11.6 Å². The van der Waals surface area contributed by atoms with Gasteiger partial charge in [0.15, 0.2) is 6.61 Å². The number of fused-ring (bicyclic) bond motifs is 1. The molecule has 0 spiro atoms. The maximum Gasteiger partial charge on any atom is 0.340 e. The summed E-state index contributed by atoms with van der Waals surface area (Å²) in [7, 11) is -2.68. The number of halogens is 1. The molecule has 1 aliphatic heterocycles. The molecule has 0 aromatic heterocycles. The van der Waals surface area contributed by atoms with Crippen molar-refractivity contribution in [2.45, 2.75) is 4.90 Å². The molecule has 126 valence electrons. The zero-order valence-electron chi connectivity index (χ0n) is 12.4. The molecule has 0 saturated heterocycles. The van der Waals surface area contributed by atoms with E-state index >= 15 is 0 Å². The monoisotopic (exact) mass is 369 g/mol. The van der Waals surface area contributed by atoms with Crippen LogP contribution in [0, 0.1) is 0 Å². The summed E-state index contributed by atoms with van der Waals surface area (Å²) in [6, 6.07) is 8.57. The van der Waals surface area contributed by atoms with Crippen LogP contribution in [-0.4, -0.2) is 28.0 Å². The molecule has 2 aromatic rings. The quantitative estimate of drug-likeness (QED) is 0.832. The van der Waals surface area contributed by atoms with E-state index in [1.807, 2.05) is 0 Å². The number of ether oxygens (including phenoxy) is 2. The van der Waals surface area contributed by atoms with Crippen LogP contribution in [0.25, 0.3) is 0 Å². The summed E-state index contributed by atoms with van der Waals surface area (Å²) >= 11 is 6.02. The molecule has 0 bridgehead atoms. The highest BCUT2D eigenvalue weighted by atomic mass is 35.5. The second-order valence-corrected chi connectivity index (χ2v) is 6.75. The Balaban J connectivity index is 1.93. The molecular weight excluding hydrogens is 358 g/mol. The second kappa shape index (κ2) is 6.21. The highest BCUT2D eigenvalue weighted by molar-refractivity contribution is 7.87. The van der Waals surface area contributed by atoms with Gasteiger partial charge in [-0.15, -0.1) is 0 Å². The van der Waals surface area contributed by atoms with E-state index in [-0.39, 0.29) is 33.9 Å². The molecule has 3 rings (SSSR count). The highest BCUT2D eigenvalue weighted by Crippen LogP contribution is 2.36. The van der Waals surface area contributed by atoms with Gasteiger partial charge in [0.25, 0.3) is 5.91 Å². The normalized spacial score (nSPS) is 13.5. The molecule has 0 fully saturated rings. The number of carbonyl (C=O) groups excluding carboxylic acids is 1. The number of anilines is 1. The Kier molecular flexibility index (Phi) is 4.25. The standard InChI is InChI=1S/C15H12ClNO6S/c1-21-9-2-4-10(5-3-9)23-24(19,20)14-7-13-12(6-11(14)16)17-15(18)8-22-13/h2-7H,8H2,1H3,(H,17,18). The van der Waals surface area contributed by atoms with Gasteiger partial charge in [-0.05, 0) is 30.3 Å². The first-order valence-corrected chi connectivity index (χ1v) is 8.52. The molecule has 0 saturated carbocycles. The Morgan fingerprint density at radius 2 is 1.83 bits per heavy atom. The molecule has 0 unspecified atom stereocenters. The summed E-state index contributed by atoms with van der Waals surface area (Å²) < 4.78 is 40.2.